The van der Waals surface area contributed by atoms with Crippen LogP contribution in [0, 0.1) is 13.8 Å². The number of pyridine rings is 1. The molecule has 0 radical (unpaired) electrons. The van der Waals surface area contributed by atoms with Gasteiger partial charge >= 0.3 is 0 Å². The van der Waals surface area contributed by atoms with Gasteiger partial charge in [-0.3, -0.25) is 9.78 Å². The number of nitrogens with zero attached hydrogens (tertiary/aromatic N) is 1. The number of phenolic OH excluding ortho intramolecular Hbond substituents is 1. The molecule has 1 amide bonds. The van der Waals surface area contributed by atoms with Crippen molar-refractivity contribution in [3.05, 3.63) is 100 Å². The minimum absolute atomic E-state index is 0.0146. The van der Waals surface area contributed by atoms with Gasteiger partial charge in [-0.15, -0.1) is 0 Å². The number of hydrogen-bond donors (Lipinski definition) is 2. The molecule has 4 aromatic rings. The molecular formula is C26H23ClN2O3. The van der Waals surface area contributed by atoms with Gasteiger partial charge in [0.2, 0.25) is 0 Å². The van der Waals surface area contributed by atoms with E-state index in [0.717, 1.165) is 16.7 Å². The van der Waals surface area contributed by atoms with Crippen molar-refractivity contribution in [1.29, 1.82) is 0 Å². The molecule has 32 heavy (non-hydrogen) atoms. The number of aryl methyl sites for hydroxylation is 2. The fraction of sp³-hybridized carbons (Fsp3) is 0.154. The number of aromatic nitrogens is 1. The Hall–Kier alpha value is -3.57. The second-order valence-electron chi connectivity index (χ2n) is 7.66. The zero-order valence-corrected chi connectivity index (χ0v) is 18.6. The van der Waals surface area contributed by atoms with E-state index in [-0.39, 0.29) is 18.3 Å². The Kier molecular flexibility index (Phi) is 6.28. The molecule has 6 heteroatoms. The summed E-state index contributed by atoms with van der Waals surface area (Å²) in [5.74, 6) is 0.265. The lowest BCUT2D eigenvalue weighted by Gasteiger charge is -2.24. The van der Waals surface area contributed by atoms with Crippen molar-refractivity contribution in [3.63, 3.8) is 0 Å². The van der Waals surface area contributed by atoms with Crippen molar-refractivity contribution in [2.75, 3.05) is 6.61 Å². The predicted octanol–water partition coefficient (Wildman–Crippen LogP) is 5.50. The topological polar surface area (TPSA) is 71.5 Å². The van der Waals surface area contributed by atoms with E-state index in [1.54, 1.807) is 36.5 Å². The Bertz CT molecular complexity index is 1280. The smallest absolute Gasteiger partial charge is 0.258 e. The Morgan fingerprint density at radius 1 is 1.06 bits per heavy atom. The highest BCUT2D eigenvalue weighted by molar-refractivity contribution is 6.35. The second-order valence-corrected chi connectivity index (χ2v) is 8.07. The van der Waals surface area contributed by atoms with Crippen LogP contribution >= 0.6 is 11.6 Å². The summed E-state index contributed by atoms with van der Waals surface area (Å²) >= 11 is 6.52. The first-order valence-electron chi connectivity index (χ1n) is 10.2. The number of phenols is 1. The largest absolute Gasteiger partial charge is 0.505 e. The number of carbonyl (C=O) groups excluding carboxylic acids is 1. The summed E-state index contributed by atoms with van der Waals surface area (Å²) in [6.07, 6.45) is 1.60. The molecule has 0 saturated carbocycles. The van der Waals surface area contributed by atoms with Crippen LogP contribution in [0.2, 0.25) is 5.02 Å². The molecule has 0 bridgehead atoms. The van der Waals surface area contributed by atoms with E-state index in [1.165, 1.54) is 0 Å². The summed E-state index contributed by atoms with van der Waals surface area (Å²) in [5.41, 5.74) is 3.80. The van der Waals surface area contributed by atoms with Crippen LogP contribution in [0.15, 0.2) is 72.9 Å². The van der Waals surface area contributed by atoms with E-state index in [1.807, 2.05) is 50.2 Å². The van der Waals surface area contributed by atoms with Gasteiger partial charge < -0.3 is 15.2 Å². The van der Waals surface area contributed by atoms with Gasteiger partial charge in [-0.2, -0.15) is 0 Å². The summed E-state index contributed by atoms with van der Waals surface area (Å²) in [6, 6.07) is 19.7. The van der Waals surface area contributed by atoms with Gasteiger partial charge in [0.05, 0.1) is 11.1 Å². The van der Waals surface area contributed by atoms with Gasteiger partial charge in [-0.1, -0.05) is 53.6 Å². The van der Waals surface area contributed by atoms with Crippen LogP contribution < -0.4 is 10.1 Å². The Labute approximate surface area is 191 Å². The molecule has 162 valence electrons. The van der Waals surface area contributed by atoms with Crippen LogP contribution in [-0.2, 0) is 4.79 Å². The highest BCUT2D eigenvalue weighted by Gasteiger charge is 2.24. The van der Waals surface area contributed by atoms with Gasteiger partial charge in [0, 0.05) is 17.1 Å². The fourth-order valence-electron chi connectivity index (χ4n) is 3.77. The SMILES string of the molecule is Cc1ccc(C(NC(=O)COc2ccccc2)c2cc(Cl)c3cccnc3c2O)c(C)c1. The normalized spacial score (nSPS) is 11.8. The molecule has 1 aromatic heterocycles. The lowest BCUT2D eigenvalue weighted by Crippen LogP contribution is -2.33. The molecule has 1 heterocycles. The van der Waals surface area contributed by atoms with Crippen LogP contribution in [0.25, 0.3) is 10.9 Å². The van der Waals surface area contributed by atoms with E-state index in [2.05, 4.69) is 10.3 Å². The van der Waals surface area contributed by atoms with Gasteiger partial charge in [0.1, 0.15) is 17.0 Å². The molecule has 0 aliphatic rings. The number of para-hydroxylation sites is 1. The number of halogens is 1. The average molecular weight is 447 g/mol. The van der Waals surface area contributed by atoms with Gasteiger partial charge in [0.15, 0.2) is 6.61 Å². The molecule has 1 atom stereocenters. The van der Waals surface area contributed by atoms with Crippen molar-refractivity contribution in [1.82, 2.24) is 10.3 Å². The first-order valence-corrected chi connectivity index (χ1v) is 10.6. The maximum Gasteiger partial charge on any atom is 0.258 e. The number of nitrogens with one attached hydrogen (secondary N) is 1. The van der Waals surface area contributed by atoms with Gasteiger partial charge in [-0.25, -0.2) is 0 Å². The molecule has 1 unspecified atom stereocenters. The second kappa shape index (κ2) is 9.28. The third kappa shape index (κ3) is 4.53. The quantitative estimate of drug-likeness (QED) is 0.410. The lowest BCUT2D eigenvalue weighted by atomic mass is 9.92. The molecule has 0 aliphatic heterocycles. The number of hydrogen-bond acceptors (Lipinski definition) is 4. The highest BCUT2D eigenvalue weighted by atomic mass is 35.5. The van der Waals surface area contributed by atoms with Crippen LogP contribution in [0.5, 0.6) is 11.5 Å². The van der Waals surface area contributed by atoms with Crippen molar-refractivity contribution in [2.45, 2.75) is 19.9 Å². The summed E-state index contributed by atoms with van der Waals surface area (Å²) in [4.78, 5) is 17.1. The Balaban J connectivity index is 1.72. The fourth-order valence-corrected chi connectivity index (χ4v) is 4.04. The molecule has 0 fully saturated rings. The van der Waals surface area contributed by atoms with Crippen LogP contribution in [-0.4, -0.2) is 22.6 Å². The van der Waals surface area contributed by atoms with E-state index in [0.29, 0.717) is 27.2 Å². The minimum atomic E-state index is -0.633. The summed E-state index contributed by atoms with van der Waals surface area (Å²) in [5, 5.41) is 15.2. The third-order valence-electron chi connectivity index (χ3n) is 5.31. The number of ether oxygens (including phenoxy) is 1. The lowest BCUT2D eigenvalue weighted by molar-refractivity contribution is -0.123. The zero-order valence-electron chi connectivity index (χ0n) is 17.8. The maximum atomic E-state index is 12.8. The number of benzene rings is 3. The van der Waals surface area contributed by atoms with Crippen molar-refractivity contribution >= 4 is 28.4 Å². The Morgan fingerprint density at radius 3 is 2.59 bits per heavy atom. The molecule has 2 N–H and O–H groups in total. The number of amides is 1. The zero-order chi connectivity index (χ0) is 22.7. The first kappa shape index (κ1) is 21.7. The molecule has 0 spiro atoms. The number of aromatic hydroxyl groups is 1. The van der Waals surface area contributed by atoms with E-state index in [4.69, 9.17) is 16.3 Å². The predicted molar refractivity (Wildman–Crippen MR) is 126 cm³/mol. The monoisotopic (exact) mass is 446 g/mol. The van der Waals surface area contributed by atoms with Crippen LogP contribution in [0.1, 0.15) is 28.3 Å². The molecule has 0 saturated heterocycles. The van der Waals surface area contributed by atoms with Crippen molar-refractivity contribution in [3.8, 4) is 11.5 Å². The molecule has 5 nitrogen and oxygen atoms in total. The molecule has 3 aromatic carbocycles. The minimum Gasteiger partial charge on any atom is -0.505 e. The number of rotatable bonds is 6. The molecule has 0 aliphatic carbocycles. The highest BCUT2D eigenvalue weighted by Crippen LogP contribution is 2.39. The number of fused-ring (bicyclic) bond motifs is 1. The summed E-state index contributed by atoms with van der Waals surface area (Å²) in [6.45, 7) is 3.82. The molecule has 4 rings (SSSR count). The standard InChI is InChI=1S/C26H23ClN2O3/c1-16-10-11-19(17(2)13-16)24(29-23(30)15-32-18-7-4-3-5-8-18)21-14-22(27)20-9-6-12-28-25(20)26(21)31/h3-14,24,31H,15H2,1-2H3,(H,29,30). The van der Waals surface area contributed by atoms with E-state index < -0.39 is 6.04 Å². The van der Waals surface area contributed by atoms with Crippen LogP contribution in [0.4, 0.5) is 0 Å². The van der Waals surface area contributed by atoms with E-state index >= 15 is 0 Å². The third-order valence-corrected chi connectivity index (χ3v) is 5.62. The maximum absolute atomic E-state index is 12.8. The first-order chi connectivity index (χ1) is 15.4. The number of carbonyl (C=O) groups is 1. The Morgan fingerprint density at radius 2 is 1.84 bits per heavy atom. The van der Waals surface area contributed by atoms with Crippen molar-refractivity contribution < 1.29 is 14.6 Å². The van der Waals surface area contributed by atoms with Gasteiger partial charge in [-0.05, 0) is 55.3 Å². The average Bonchev–Trinajstić information content (AvgIpc) is 2.80. The summed E-state index contributed by atoms with van der Waals surface area (Å²) < 4.78 is 5.60. The van der Waals surface area contributed by atoms with E-state index in [9.17, 15) is 9.90 Å². The van der Waals surface area contributed by atoms with Gasteiger partial charge in [0.25, 0.3) is 5.91 Å². The summed E-state index contributed by atoms with van der Waals surface area (Å²) in [7, 11) is 0. The van der Waals surface area contributed by atoms with Crippen molar-refractivity contribution in [2.24, 2.45) is 0 Å². The molecular weight excluding hydrogens is 424 g/mol. The van der Waals surface area contributed by atoms with Crippen LogP contribution in [0.3, 0.4) is 0 Å².